The molecule has 0 bridgehead atoms. The Morgan fingerprint density at radius 3 is 2.35 bits per heavy atom. The van der Waals surface area contributed by atoms with Crippen molar-refractivity contribution < 1.29 is 14.4 Å². The normalized spacial score (nSPS) is 16.5. The molecule has 1 heterocycles. The van der Waals surface area contributed by atoms with E-state index < -0.39 is 11.9 Å². The van der Waals surface area contributed by atoms with Crippen LogP contribution in [0.2, 0.25) is 0 Å². The zero-order valence-corrected chi connectivity index (χ0v) is 10.9. The van der Waals surface area contributed by atoms with Crippen LogP contribution in [0, 0.1) is 19.8 Å². The monoisotopic (exact) mass is 240 g/mol. The highest BCUT2D eigenvalue weighted by atomic mass is 16.5. The topological polar surface area (TPSA) is 75.4 Å². The molecule has 0 aromatic carbocycles. The molecule has 0 spiro atoms. The van der Waals surface area contributed by atoms with E-state index in [1.165, 1.54) is 0 Å². The van der Waals surface area contributed by atoms with Gasteiger partial charge in [-0.2, -0.15) is 0 Å². The molecule has 2 N–H and O–H groups in total. The fourth-order valence-electron chi connectivity index (χ4n) is 1.94. The highest BCUT2D eigenvalue weighted by Gasteiger charge is 2.23. The number of carboxylic acids is 1. The summed E-state index contributed by atoms with van der Waals surface area (Å²) in [7, 11) is 0. The number of nitrogens with one attached hydrogen (secondary N) is 1. The van der Waals surface area contributed by atoms with Crippen molar-refractivity contribution in [3.05, 3.63) is 17.0 Å². The van der Waals surface area contributed by atoms with Crippen molar-refractivity contribution >= 4 is 5.97 Å². The number of nitrogens with zero attached hydrogens (tertiary/aromatic N) is 1. The third kappa shape index (κ3) is 3.06. The SMILES string of the molecule is Cc1noc(C)c1C(C)NC(C)C(C)C(=O)O. The Labute approximate surface area is 101 Å². The molecule has 1 aromatic heterocycles. The van der Waals surface area contributed by atoms with Crippen LogP contribution in [0.25, 0.3) is 0 Å². The molecule has 3 atom stereocenters. The molecular formula is C12H20N2O3. The molecule has 1 rings (SSSR count). The molecule has 96 valence electrons. The van der Waals surface area contributed by atoms with E-state index in [0.29, 0.717) is 0 Å². The van der Waals surface area contributed by atoms with Gasteiger partial charge in [0.15, 0.2) is 0 Å². The Morgan fingerprint density at radius 1 is 1.35 bits per heavy atom. The second kappa shape index (κ2) is 5.31. The summed E-state index contributed by atoms with van der Waals surface area (Å²) in [6.07, 6.45) is 0. The first-order chi connectivity index (χ1) is 7.84. The average molecular weight is 240 g/mol. The Hall–Kier alpha value is -1.36. The van der Waals surface area contributed by atoms with Crippen molar-refractivity contribution in [3.8, 4) is 0 Å². The fourth-order valence-corrected chi connectivity index (χ4v) is 1.94. The fraction of sp³-hybridized carbons (Fsp3) is 0.667. The average Bonchev–Trinajstić information content (AvgIpc) is 2.56. The number of hydrogen-bond acceptors (Lipinski definition) is 4. The van der Waals surface area contributed by atoms with Gasteiger partial charge in [0.1, 0.15) is 5.76 Å². The van der Waals surface area contributed by atoms with E-state index in [9.17, 15) is 4.79 Å². The lowest BCUT2D eigenvalue weighted by Crippen LogP contribution is -2.37. The van der Waals surface area contributed by atoms with Crippen molar-refractivity contribution in [3.63, 3.8) is 0 Å². The highest BCUT2D eigenvalue weighted by molar-refractivity contribution is 5.70. The lowest BCUT2D eigenvalue weighted by molar-refractivity contribution is -0.142. The van der Waals surface area contributed by atoms with Gasteiger partial charge in [0.05, 0.1) is 11.6 Å². The molecule has 5 nitrogen and oxygen atoms in total. The number of aromatic nitrogens is 1. The van der Waals surface area contributed by atoms with Crippen LogP contribution in [-0.2, 0) is 4.79 Å². The number of carboxylic acid groups (broad SMARTS) is 1. The Morgan fingerprint density at radius 2 is 1.94 bits per heavy atom. The molecule has 0 saturated carbocycles. The lowest BCUT2D eigenvalue weighted by atomic mass is 10.0. The molecule has 0 radical (unpaired) electrons. The predicted molar refractivity (Wildman–Crippen MR) is 63.8 cm³/mol. The predicted octanol–water partition coefficient (Wildman–Crippen LogP) is 2.05. The van der Waals surface area contributed by atoms with Gasteiger partial charge in [-0.3, -0.25) is 4.79 Å². The molecule has 0 fully saturated rings. The number of carbonyl (C=O) groups is 1. The number of aliphatic carboxylic acids is 1. The van der Waals surface area contributed by atoms with Gasteiger partial charge in [-0.25, -0.2) is 0 Å². The first kappa shape index (κ1) is 13.7. The van der Waals surface area contributed by atoms with Crippen molar-refractivity contribution in [2.45, 2.75) is 46.7 Å². The second-order valence-electron chi connectivity index (χ2n) is 4.54. The van der Waals surface area contributed by atoms with E-state index in [4.69, 9.17) is 9.63 Å². The molecule has 0 aliphatic heterocycles. The number of hydrogen-bond donors (Lipinski definition) is 2. The summed E-state index contributed by atoms with van der Waals surface area (Å²) in [6, 6.07) is -0.0887. The molecule has 1 aromatic rings. The first-order valence-electron chi connectivity index (χ1n) is 5.76. The van der Waals surface area contributed by atoms with Gasteiger partial charge in [0.2, 0.25) is 0 Å². The molecule has 0 saturated heterocycles. The van der Waals surface area contributed by atoms with Crippen LogP contribution in [0.1, 0.15) is 43.8 Å². The van der Waals surface area contributed by atoms with Crippen molar-refractivity contribution in [1.82, 2.24) is 10.5 Å². The Bertz CT molecular complexity index is 381. The van der Waals surface area contributed by atoms with E-state index in [1.807, 2.05) is 27.7 Å². The molecule has 0 aliphatic carbocycles. The first-order valence-corrected chi connectivity index (χ1v) is 5.76. The van der Waals surface area contributed by atoms with Gasteiger partial charge in [-0.15, -0.1) is 0 Å². The third-order valence-electron chi connectivity index (χ3n) is 3.17. The maximum Gasteiger partial charge on any atom is 0.307 e. The van der Waals surface area contributed by atoms with Gasteiger partial charge >= 0.3 is 5.97 Å². The molecule has 3 unspecified atom stereocenters. The molecule has 17 heavy (non-hydrogen) atoms. The summed E-state index contributed by atoms with van der Waals surface area (Å²) >= 11 is 0. The standard InChI is InChI=1S/C12H20N2O3/c1-6(12(15)16)7(2)13-8(3)11-9(4)14-17-10(11)5/h6-8,13H,1-5H3,(H,15,16). The van der Waals surface area contributed by atoms with Crippen LogP contribution >= 0.6 is 0 Å². The van der Waals surface area contributed by atoms with Crippen LogP contribution < -0.4 is 5.32 Å². The van der Waals surface area contributed by atoms with Crippen molar-refractivity contribution in [2.24, 2.45) is 5.92 Å². The lowest BCUT2D eigenvalue weighted by Gasteiger charge is -2.22. The van der Waals surface area contributed by atoms with Gasteiger partial charge in [-0.05, 0) is 27.7 Å². The Kier molecular flexibility index (Phi) is 4.28. The number of aryl methyl sites for hydroxylation is 2. The van der Waals surface area contributed by atoms with Gasteiger partial charge < -0.3 is 14.9 Å². The molecular weight excluding hydrogens is 220 g/mol. The van der Waals surface area contributed by atoms with Crippen LogP contribution in [0.4, 0.5) is 0 Å². The van der Waals surface area contributed by atoms with E-state index in [-0.39, 0.29) is 12.1 Å². The van der Waals surface area contributed by atoms with Gasteiger partial charge in [0.25, 0.3) is 0 Å². The van der Waals surface area contributed by atoms with Crippen LogP contribution in [0.3, 0.4) is 0 Å². The summed E-state index contributed by atoms with van der Waals surface area (Å²) in [5.74, 6) is -0.452. The van der Waals surface area contributed by atoms with Gasteiger partial charge in [-0.1, -0.05) is 12.1 Å². The summed E-state index contributed by atoms with van der Waals surface area (Å²) < 4.78 is 5.10. The van der Waals surface area contributed by atoms with E-state index >= 15 is 0 Å². The maximum atomic E-state index is 10.9. The van der Waals surface area contributed by atoms with E-state index in [2.05, 4.69) is 10.5 Å². The molecule has 0 aliphatic rings. The smallest absolute Gasteiger partial charge is 0.307 e. The zero-order valence-electron chi connectivity index (χ0n) is 10.9. The summed E-state index contributed by atoms with van der Waals surface area (Å²) in [5, 5.41) is 16.1. The van der Waals surface area contributed by atoms with Crippen LogP contribution in [0.15, 0.2) is 4.52 Å². The molecule has 5 heteroatoms. The minimum Gasteiger partial charge on any atom is -0.481 e. The Balaban J connectivity index is 2.73. The van der Waals surface area contributed by atoms with Crippen LogP contribution in [0.5, 0.6) is 0 Å². The third-order valence-corrected chi connectivity index (χ3v) is 3.17. The highest BCUT2D eigenvalue weighted by Crippen LogP contribution is 2.22. The van der Waals surface area contributed by atoms with E-state index in [0.717, 1.165) is 17.0 Å². The second-order valence-corrected chi connectivity index (χ2v) is 4.54. The van der Waals surface area contributed by atoms with Crippen molar-refractivity contribution in [2.75, 3.05) is 0 Å². The maximum absolute atomic E-state index is 10.9. The number of rotatable bonds is 5. The summed E-state index contributed by atoms with van der Waals surface area (Å²) in [6.45, 7) is 9.29. The van der Waals surface area contributed by atoms with E-state index in [1.54, 1.807) is 6.92 Å². The van der Waals surface area contributed by atoms with Crippen LogP contribution in [-0.4, -0.2) is 22.3 Å². The summed E-state index contributed by atoms with van der Waals surface area (Å²) in [4.78, 5) is 10.9. The minimum atomic E-state index is -0.795. The summed E-state index contributed by atoms with van der Waals surface area (Å²) in [5.41, 5.74) is 1.85. The largest absolute Gasteiger partial charge is 0.481 e. The van der Waals surface area contributed by atoms with Crippen molar-refractivity contribution in [1.29, 1.82) is 0 Å². The minimum absolute atomic E-state index is 0.0260. The van der Waals surface area contributed by atoms with Gasteiger partial charge in [0, 0.05) is 17.6 Å². The zero-order chi connectivity index (χ0) is 13.2. The quantitative estimate of drug-likeness (QED) is 0.823. The molecule has 0 amide bonds.